The predicted molar refractivity (Wildman–Crippen MR) is 88.5 cm³/mol. The first-order valence-corrected chi connectivity index (χ1v) is 9.15. The van der Waals surface area contributed by atoms with E-state index in [1.54, 1.807) is 0 Å². The summed E-state index contributed by atoms with van der Waals surface area (Å²) in [5.74, 6) is -0.00492. The Hall–Kier alpha value is -0.690. The van der Waals surface area contributed by atoms with Crippen molar-refractivity contribution in [3.8, 4) is 0 Å². The number of esters is 1. The van der Waals surface area contributed by atoms with Crippen molar-refractivity contribution < 1.29 is 14.3 Å². The van der Waals surface area contributed by atoms with Gasteiger partial charge in [0, 0.05) is 25.7 Å². The summed E-state index contributed by atoms with van der Waals surface area (Å²) in [4.78, 5) is 19.6. The molecule has 3 rings (SSSR count). The minimum Gasteiger partial charge on any atom is -0.463 e. The lowest BCUT2D eigenvalue weighted by Gasteiger charge is -2.37. The van der Waals surface area contributed by atoms with Crippen LogP contribution in [0.3, 0.4) is 0 Å². The van der Waals surface area contributed by atoms with Gasteiger partial charge in [-0.05, 0) is 52.4 Å². The van der Waals surface area contributed by atoms with E-state index in [0.717, 1.165) is 65.3 Å². The van der Waals surface area contributed by atoms with Gasteiger partial charge in [-0.3, -0.25) is 14.6 Å². The molecule has 3 aliphatic heterocycles. The Kier molecular flexibility index (Phi) is 6.28. The Bertz CT molecular complexity index is 379. The molecule has 0 bridgehead atoms. The van der Waals surface area contributed by atoms with Crippen molar-refractivity contribution in [3.63, 3.8) is 0 Å². The van der Waals surface area contributed by atoms with Gasteiger partial charge in [0.25, 0.3) is 0 Å². The van der Waals surface area contributed by atoms with Gasteiger partial charge < -0.3 is 14.4 Å². The summed E-state index contributed by atoms with van der Waals surface area (Å²) in [6.07, 6.45) is 4.43. The van der Waals surface area contributed by atoms with Crippen LogP contribution in [-0.2, 0) is 14.3 Å². The number of carbonyl (C=O) groups is 1. The molecule has 0 aliphatic carbocycles. The van der Waals surface area contributed by atoms with Gasteiger partial charge in [-0.25, -0.2) is 0 Å². The summed E-state index contributed by atoms with van der Waals surface area (Å²) in [5, 5.41) is 0. The fraction of sp³-hybridized carbons (Fsp3) is 0.941. The van der Waals surface area contributed by atoms with Crippen molar-refractivity contribution in [1.29, 1.82) is 0 Å². The second kappa shape index (κ2) is 8.42. The number of ether oxygens (including phenoxy) is 2. The van der Waals surface area contributed by atoms with Gasteiger partial charge in [0.15, 0.2) is 0 Å². The van der Waals surface area contributed by atoms with Crippen molar-refractivity contribution in [1.82, 2.24) is 14.7 Å². The van der Waals surface area contributed by atoms with Gasteiger partial charge in [-0.15, -0.1) is 0 Å². The number of rotatable bonds is 5. The van der Waals surface area contributed by atoms with Gasteiger partial charge in [-0.2, -0.15) is 0 Å². The van der Waals surface area contributed by atoms with Crippen LogP contribution in [0.5, 0.6) is 0 Å². The Balaban J connectivity index is 1.42. The zero-order valence-electron chi connectivity index (χ0n) is 14.4. The fourth-order valence-electron chi connectivity index (χ4n) is 4.00. The van der Waals surface area contributed by atoms with Crippen molar-refractivity contribution >= 4 is 5.97 Å². The zero-order valence-corrected chi connectivity index (χ0v) is 14.4. The highest BCUT2D eigenvalue weighted by Crippen LogP contribution is 2.26. The average Bonchev–Trinajstić information content (AvgIpc) is 3.06. The Morgan fingerprint density at radius 2 is 1.83 bits per heavy atom. The summed E-state index contributed by atoms with van der Waals surface area (Å²) in [7, 11) is 2.18. The summed E-state index contributed by atoms with van der Waals surface area (Å²) in [5.41, 5.74) is 0. The molecule has 0 aromatic rings. The van der Waals surface area contributed by atoms with Gasteiger partial charge in [-0.1, -0.05) is 0 Å². The Morgan fingerprint density at radius 3 is 2.57 bits per heavy atom. The van der Waals surface area contributed by atoms with E-state index in [1.165, 1.54) is 12.8 Å². The van der Waals surface area contributed by atoms with E-state index in [-0.39, 0.29) is 12.0 Å². The Morgan fingerprint density at radius 1 is 1.09 bits per heavy atom. The second-order valence-electron chi connectivity index (χ2n) is 7.05. The highest BCUT2D eigenvalue weighted by molar-refractivity contribution is 5.76. The third-order valence-electron chi connectivity index (χ3n) is 5.48. The van der Waals surface area contributed by atoms with E-state index in [1.807, 2.05) is 0 Å². The molecule has 132 valence electrons. The van der Waals surface area contributed by atoms with E-state index < -0.39 is 0 Å². The molecule has 6 heteroatoms. The molecule has 3 fully saturated rings. The number of nitrogens with zero attached hydrogens (tertiary/aromatic N) is 3. The second-order valence-corrected chi connectivity index (χ2v) is 7.05. The number of morpholine rings is 1. The molecule has 3 heterocycles. The summed E-state index contributed by atoms with van der Waals surface area (Å²) >= 11 is 0. The average molecular weight is 325 g/mol. The molecule has 0 aromatic carbocycles. The van der Waals surface area contributed by atoms with Crippen LogP contribution in [0.1, 0.15) is 25.7 Å². The molecular weight excluding hydrogens is 294 g/mol. The molecule has 23 heavy (non-hydrogen) atoms. The maximum absolute atomic E-state index is 12.5. The van der Waals surface area contributed by atoms with E-state index in [0.29, 0.717) is 12.6 Å². The van der Waals surface area contributed by atoms with Crippen LogP contribution < -0.4 is 0 Å². The zero-order chi connectivity index (χ0) is 16.1. The normalized spacial score (nSPS) is 29.0. The molecule has 0 spiro atoms. The SMILES string of the molecule is CN1CCC(N2CCCC2C(=O)OCCN2CCOCC2)CC1. The summed E-state index contributed by atoms with van der Waals surface area (Å²) in [6.45, 7) is 8.15. The standard InChI is InChI=1S/C17H31N3O3/c1-18-7-4-15(5-8-18)20-6-2-3-16(20)17(21)23-14-11-19-9-12-22-13-10-19/h15-16H,2-14H2,1H3. The van der Waals surface area contributed by atoms with Gasteiger partial charge >= 0.3 is 5.97 Å². The molecule has 0 saturated carbocycles. The van der Waals surface area contributed by atoms with Crippen molar-refractivity contribution in [2.24, 2.45) is 0 Å². The van der Waals surface area contributed by atoms with Gasteiger partial charge in [0.05, 0.1) is 13.2 Å². The lowest BCUT2D eigenvalue weighted by atomic mass is 10.0. The third kappa shape index (κ3) is 4.66. The molecular formula is C17H31N3O3. The van der Waals surface area contributed by atoms with E-state index in [2.05, 4.69) is 21.7 Å². The maximum atomic E-state index is 12.5. The first-order chi connectivity index (χ1) is 11.2. The topological polar surface area (TPSA) is 45.2 Å². The molecule has 1 atom stereocenters. The highest BCUT2D eigenvalue weighted by atomic mass is 16.5. The molecule has 6 nitrogen and oxygen atoms in total. The van der Waals surface area contributed by atoms with Crippen molar-refractivity contribution in [2.45, 2.75) is 37.8 Å². The molecule has 0 amide bonds. The monoisotopic (exact) mass is 325 g/mol. The molecule has 1 unspecified atom stereocenters. The van der Waals surface area contributed by atoms with E-state index in [9.17, 15) is 4.79 Å². The Labute approximate surface area is 139 Å². The van der Waals surface area contributed by atoms with Crippen LogP contribution in [0.25, 0.3) is 0 Å². The van der Waals surface area contributed by atoms with Crippen molar-refractivity contribution in [3.05, 3.63) is 0 Å². The third-order valence-corrected chi connectivity index (χ3v) is 5.48. The van der Waals surface area contributed by atoms with Crippen LogP contribution in [0.2, 0.25) is 0 Å². The van der Waals surface area contributed by atoms with Gasteiger partial charge in [0.2, 0.25) is 0 Å². The molecule has 0 aromatic heterocycles. The van der Waals surface area contributed by atoms with Gasteiger partial charge in [0.1, 0.15) is 12.6 Å². The summed E-state index contributed by atoms with van der Waals surface area (Å²) < 4.78 is 10.9. The van der Waals surface area contributed by atoms with Crippen LogP contribution in [-0.4, -0.2) is 98.9 Å². The molecule has 3 saturated heterocycles. The number of piperidine rings is 1. The van der Waals surface area contributed by atoms with E-state index >= 15 is 0 Å². The van der Waals surface area contributed by atoms with Crippen LogP contribution in [0.4, 0.5) is 0 Å². The predicted octanol–water partition coefficient (Wildman–Crippen LogP) is 0.420. The number of hydrogen-bond acceptors (Lipinski definition) is 6. The largest absolute Gasteiger partial charge is 0.463 e. The molecule has 0 N–H and O–H groups in total. The maximum Gasteiger partial charge on any atom is 0.323 e. The lowest BCUT2D eigenvalue weighted by molar-refractivity contribution is -0.150. The lowest BCUT2D eigenvalue weighted by Crippen LogP contribution is -2.48. The smallest absolute Gasteiger partial charge is 0.323 e. The minimum atomic E-state index is -0.00639. The van der Waals surface area contributed by atoms with Crippen LogP contribution >= 0.6 is 0 Å². The number of likely N-dealkylation sites (tertiary alicyclic amines) is 2. The number of hydrogen-bond donors (Lipinski definition) is 0. The number of carbonyl (C=O) groups excluding carboxylic acids is 1. The fourth-order valence-corrected chi connectivity index (χ4v) is 4.00. The summed E-state index contributed by atoms with van der Waals surface area (Å²) in [6, 6.07) is 0.554. The molecule has 3 aliphatic rings. The van der Waals surface area contributed by atoms with E-state index in [4.69, 9.17) is 9.47 Å². The minimum absolute atomic E-state index is 0.00492. The first kappa shape index (κ1) is 17.1. The van der Waals surface area contributed by atoms with Crippen LogP contribution in [0.15, 0.2) is 0 Å². The quantitative estimate of drug-likeness (QED) is 0.683. The van der Waals surface area contributed by atoms with Crippen LogP contribution in [0, 0.1) is 0 Å². The highest BCUT2D eigenvalue weighted by Gasteiger charge is 2.37. The molecule has 0 radical (unpaired) electrons. The van der Waals surface area contributed by atoms with Crippen molar-refractivity contribution in [2.75, 3.05) is 66.1 Å². The first-order valence-electron chi connectivity index (χ1n) is 9.15.